The number of aliphatic hydroxyl groups is 1. The number of carboxylic acids is 1. The van der Waals surface area contributed by atoms with Crippen LogP contribution in [0.25, 0.3) is 0 Å². The lowest BCUT2D eigenvalue weighted by molar-refractivity contribution is -0.150. The molecule has 0 aromatic rings. The first kappa shape index (κ1) is 63.8. The van der Waals surface area contributed by atoms with Gasteiger partial charge in [-0.3, -0.25) is 14.4 Å². The van der Waals surface area contributed by atoms with Gasteiger partial charge in [0, 0.05) is 12.8 Å². The van der Waals surface area contributed by atoms with Crippen molar-refractivity contribution in [2.45, 2.75) is 328 Å². The van der Waals surface area contributed by atoms with Crippen molar-refractivity contribution in [2.75, 3.05) is 13.2 Å². The molecule has 0 radical (unpaired) electrons. The average molecular weight is 936 g/mol. The molecule has 9 nitrogen and oxygen atoms in total. The summed E-state index contributed by atoms with van der Waals surface area (Å²) in [4.78, 5) is 47.9. The highest BCUT2D eigenvalue weighted by Gasteiger charge is 2.19. The highest BCUT2D eigenvalue weighted by atomic mass is 16.5. The Morgan fingerprint density at radius 3 is 0.985 bits per heavy atom. The summed E-state index contributed by atoms with van der Waals surface area (Å²) in [6, 6.07) is -1.38. The number of aliphatic hydroxyl groups excluding tert-OH is 1. The van der Waals surface area contributed by atoms with Crippen LogP contribution >= 0.6 is 0 Å². The van der Waals surface area contributed by atoms with E-state index in [1.54, 1.807) is 0 Å². The van der Waals surface area contributed by atoms with Gasteiger partial charge in [-0.25, -0.2) is 4.79 Å². The maximum Gasteiger partial charge on any atom is 0.328 e. The predicted octanol–water partition coefficient (Wildman–Crippen LogP) is 16.0. The summed E-state index contributed by atoms with van der Waals surface area (Å²) < 4.78 is 6.10. The number of esters is 1. The Morgan fingerprint density at radius 1 is 0.394 bits per heavy atom. The number of rotatable bonds is 54. The van der Waals surface area contributed by atoms with Crippen molar-refractivity contribution in [3.8, 4) is 0 Å². The van der Waals surface area contributed by atoms with Crippen molar-refractivity contribution in [1.29, 1.82) is 0 Å². The number of hydrogen-bond acceptors (Lipinski definition) is 6. The number of unbranched alkanes of at least 4 members (excludes halogenated alkanes) is 40. The molecule has 2 unspecified atom stereocenters. The van der Waals surface area contributed by atoms with Gasteiger partial charge in [-0.15, -0.1) is 0 Å². The Morgan fingerprint density at radius 2 is 0.682 bits per heavy atom. The maximum absolute atomic E-state index is 12.9. The minimum absolute atomic E-state index is 0.00695. The van der Waals surface area contributed by atoms with Crippen LogP contribution in [0.15, 0.2) is 0 Å². The van der Waals surface area contributed by atoms with Gasteiger partial charge in [-0.1, -0.05) is 264 Å². The molecule has 0 bridgehead atoms. The van der Waals surface area contributed by atoms with Crippen LogP contribution in [0.2, 0.25) is 0 Å². The molecule has 390 valence electrons. The quantitative estimate of drug-likeness (QED) is 0.0351. The number of carbonyl (C=O) groups excluding carboxylic acids is 3. The molecule has 0 aromatic carbocycles. The van der Waals surface area contributed by atoms with E-state index in [-0.39, 0.29) is 24.5 Å². The SMILES string of the molecule is CCCCCCCCCCCCCCCCCCCCCCCCCC(=O)OC(CCCCCCCCCCCCCCCCC)CCCCCCCC(=O)NCC(=O)NC(CO)C(=O)O. The molecule has 0 heterocycles. The second-order valence-electron chi connectivity index (χ2n) is 20.1. The van der Waals surface area contributed by atoms with Crippen LogP contribution < -0.4 is 10.6 Å². The van der Waals surface area contributed by atoms with E-state index in [1.807, 2.05) is 0 Å². The minimum atomic E-state index is -1.38. The molecular weight excluding hydrogens is 825 g/mol. The third-order valence-corrected chi connectivity index (χ3v) is 13.6. The summed E-state index contributed by atoms with van der Waals surface area (Å²) in [5.74, 6) is -2.25. The van der Waals surface area contributed by atoms with E-state index in [2.05, 4.69) is 24.5 Å². The van der Waals surface area contributed by atoms with Gasteiger partial charge in [0.2, 0.25) is 11.8 Å². The second kappa shape index (κ2) is 52.2. The Balaban J connectivity index is 4.17. The van der Waals surface area contributed by atoms with Crippen LogP contribution in [0.1, 0.15) is 316 Å². The highest BCUT2D eigenvalue weighted by Crippen LogP contribution is 2.20. The lowest BCUT2D eigenvalue weighted by Gasteiger charge is -2.18. The molecule has 0 saturated carbocycles. The molecule has 0 aromatic heterocycles. The van der Waals surface area contributed by atoms with E-state index in [0.29, 0.717) is 19.3 Å². The van der Waals surface area contributed by atoms with Gasteiger partial charge < -0.3 is 25.6 Å². The Bertz CT molecular complexity index is 1070. The van der Waals surface area contributed by atoms with Gasteiger partial charge in [-0.05, 0) is 38.5 Å². The fraction of sp³-hybridized carbons (Fsp3) is 0.930. The van der Waals surface area contributed by atoms with Crippen molar-refractivity contribution < 1.29 is 34.1 Å². The summed E-state index contributed by atoms with van der Waals surface area (Å²) in [6.07, 6.45) is 58.7. The first-order valence-electron chi connectivity index (χ1n) is 28.9. The average Bonchev–Trinajstić information content (AvgIpc) is 3.30. The Hall–Kier alpha value is -2.16. The van der Waals surface area contributed by atoms with E-state index in [4.69, 9.17) is 14.9 Å². The molecule has 66 heavy (non-hydrogen) atoms. The Labute approximate surface area is 408 Å². The van der Waals surface area contributed by atoms with Crippen LogP contribution in [-0.4, -0.2) is 59.3 Å². The Kier molecular flexibility index (Phi) is 50.5. The van der Waals surface area contributed by atoms with Crippen molar-refractivity contribution in [3.05, 3.63) is 0 Å². The van der Waals surface area contributed by atoms with Crippen molar-refractivity contribution in [2.24, 2.45) is 0 Å². The molecule has 0 aliphatic heterocycles. The van der Waals surface area contributed by atoms with Crippen molar-refractivity contribution in [1.82, 2.24) is 10.6 Å². The molecule has 0 spiro atoms. The van der Waals surface area contributed by atoms with E-state index in [9.17, 15) is 19.2 Å². The summed E-state index contributed by atoms with van der Waals surface area (Å²) in [5.41, 5.74) is 0. The number of carboxylic acid groups (broad SMARTS) is 1. The lowest BCUT2D eigenvalue weighted by atomic mass is 10.0. The van der Waals surface area contributed by atoms with Gasteiger partial charge in [0.25, 0.3) is 0 Å². The topological polar surface area (TPSA) is 142 Å². The van der Waals surface area contributed by atoms with Gasteiger partial charge in [0.1, 0.15) is 12.1 Å². The first-order valence-corrected chi connectivity index (χ1v) is 28.9. The number of nitrogens with one attached hydrogen (secondary N) is 2. The fourth-order valence-electron chi connectivity index (χ4n) is 9.19. The number of hydrogen-bond donors (Lipinski definition) is 4. The van der Waals surface area contributed by atoms with Crippen molar-refractivity contribution >= 4 is 23.8 Å². The molecule has 9 heteroatoms. The number of aliphatic carboxylic acids is 1. The fourth-order valence-corrected chi connectivity index (χ4v) is 9.19. The van der Waals surface area contributed by atoms with Crippen molar-refractivity contribution in [3.63, 3.8) is 0 Å². The maximum atomic E-state index is 12.9. The predicted molar refractivity (Wildman–Crippen MR) is 278 cm³/mol. The standard InChI is InChI=1S/C57H110N2O7/c1-3-5-7-9-11-13-15-17-19-20-21-22-23-24-25-26-28-30-32-34-36-41-45-49-56(63)66-52(46-42-38-35-33-31-29-27-18-16-14-12-10-8-6-4-2)47-43-39-37-40-44-48-54(61)58-50-55(62)59-53(51-60)57(64)65/h52-53,60H,3-51H2,1-2H3,(H,58,61)(H,59,62)(H,64,65). The van der Waals surface area contributed by atoms with E-state index < -0.39 is 24.5 Å². The summed E-state index contributed by atoms with van der Waals surface area (Å²) in [7, 11) is 0. The molecule has 0 fully saturated rings. The minimum Gasteiger partial charge on any atom is -0.480 e. The molecule has 0 rings (SSSR count). The molecular formula is C57H110N2O7. The first-order chi connectivity index (χ1) is 32.3. The summed E-state index contributed by atoms with van der Waals surface area (Å²) in [5, 5.41) is 22.7. The van der Waals surface area contributed by atoms with E-state index >= 15 is 0 Å². The largest absolute Gasteiger partial charge is 0.480 e. The summed E-state index contributed by atoms with van der Waals surface area (Å²) in [6.45, 7) is 3.54. The monoisotopic (exact) mass is 935 g/mol. The molecule has 0 saturated heterocycles. The zero-order chi connectivity index (χ0) is 48.2. The normalized spacial score (nSPS) is 12.3. The van der Waals surface area contributed by atoms with Gasteiger partial charge in [-0.2, -0.15) is 0 Å². The van der Waals surface area contributed by atoms with Crippen LogP contribution in [0.4, 0.5) is 0 Å². The van der Waals surface area contributed by atoms with Crippen LogP contribution in [-0.2, 0) is 23.9 Å². The number of amides is 2. The van der Waals surface area contributed by atoms with Gasteiger partial charge in [0.15, 0.2) is 0 Å². The molecule has 0 aliphatic rings. The highest BCUT2D eigenvalue weighted by molar-refractivity contribution is 5.87. The number of carbonyl (C=O) groups is 4. The number of ether oxygens (including phenoxy) is 1. The van der Waals surface area contributed by atoms with Crippen LogP contribution in [0, 0.1) is 0 Å². The molecule has 0 aliphatic carbocycles. The lowest BCUT2D eigenvalue weighted by Crippen LogP contribution is -2.47. The molecule has 2 atom stereocenters. The molecule has 4 N–H and O–H groups in total. The smallest absolute Gasteiger partial charge is 0.328 e. The second-order valence-corrected chi connectivity index (χ2v) is 20.1. The zero-order valence-electron chi connectivity index (χ0n) is 43.7. The zero-order valence-corrected chi connectivity index (χ0v) is 43.7. The van der Waals surface area contributed by atoms with Crippen LogP contribution in [0.3, 0.4) is 0 Å². The molecule has 2 amide bonds. The van der Waals surface area contributed by atoms with Gasteiger partial charge in [0.05, 0.1) is 13.2 Å². The third-order valence-electron chi connectivity index (χ3n) is 13.6. The summed E-state index contributed by atoms with van der Waals surface area (Å²) >= 11 is 0. The van der Waals surface area contributed by atoms with Gasteiger partial charge >= 0.3 is 11.9 Å². The van der Waals surface area contributed by atoms with E-state index in [1.165, 1.54) is 225 Å². The van der Waals surface area contributed by atoms with Crippen LogP contribution in [0.5, 0.6) is 0 Å². The third kappa shape index (κ3) is 48.3. The van der Waals surface area contributed by atoms with E-state index in [0.717, 1.165) is 57.8 Å².